The first-order valence-corrected chi connectivity index (χ1v) is 6.56. The van der Waals surface area contributed by atoms with Crippen LogP contribution in [0.25, 0.3) is 11.4 Å². The Bertz CT molecular complexity index is 560. The zero-order valence-corrected chi connectivity index (χ0v) is 11.6. The Morgan fingerprint density at radius 1 is 1.32 bits per heavy atom. The monoisotopic (exact) mass is 260 g/mol. The normalized spacial score (nSPS) is 10.7. The molecule has 2 heterocycles. The molecule has 2 aromatic rings. The topological polar surface area (TPSA) is 81.7 Å². The first-order valence-electron chi connectivity index (χ1n) is 6.56. The number of hydrogen-bond acceptors (Lipinski definition) is 5. The van der Waals surface area contributed by atoms with Crippen molar-refractivity contribution in [3.05, 3.63) is 23.7 Å². The highest BCUT2D eigenvalue weighted by atomic mass is 15.3. The molecule has 0 bridgehead atoms. The van der Waals surface area contributed by atoms with E-state index < -0.39 is 0 Å². The van der Waals surface area contributed by atoms with Crippen molar-refractivity contribution in [2.24, 2.45) is 5.84 Å². The number of nitrogens with two attached hydrogens (primary N) is 1. The lowest BCUT2D eigenvalue weighted by atomic mass is 10.1. The van der Waals surface area contributed by atoms with Crippen LogP contribution in [-0.2, 0) is 13.0 Å². The predicted molar refractivity (Wildman–Crippen MR) is 75.5 cm³/mol. The van der Waals surface area contributed by atoms with Crippen LogP contribution in [0.5, 0.6) is 0 Å². The quantitative estimate of drug-likeness (QED) is 0.634. The van der Waals surface area contributed by atoms with Crippen molar-refractivity contribution in [3.8, 4) is 11.4 Å². The van der Waals surface area contributed by atoms with E-state index in [4.69, 9.17) is 5.84 Å². The number of hydrazine groups is 1. The van der Waals surface area contributed by atoms with E-state index in [1.807, 2.05) is 17.8 Å². The third-order valence-electron chi connectivity index (χ3n) is 3.05. The molecule has 0 unspecified atom stereocenters. The van der Waals surface area contributed by atoms with Crippen LogP contribution in [0.3, 0.4) is 0 Å². The Morgan fingerprint density at radius 3 is 2.74 bits per heavy atom. The Balaban J connectivity index is 2.41. The van der Waals surface area contributed by atoms with Gasteiger partial charge in [0.2, 0.25) is 0 Å². The molecule has 0 amide bonds. The van der Waals surface area contributed by atoms with Gasteiger partial charge in [0.05, 0.1) is 11.8 Å². The second kappa shape index (κ2) is 5.79. The summed E-state index contributed by atoms with van der Waals surface area (Å²) < 4.78 is 1.90. The molecule has 3 N–H and O–H groups in total. The van der Waals surface area contributed by atoms with Crippen molar-refractivity contribution in [2.75, 3.05) is 5.43 Å². The molecular weight excluding hydrogens is 240 g/mol. The maximum absolute atomic E-state index is 5.53. The van der Waals surface area contributed by atoms with Crippen LogP contribution in [0.2, 0.25) is 0 Å². The molecule has 0 saturated carbocycles. The van der Waals surface area contributed by atoms with Crippen molar-refractivity contribution in [3.63, 3.8) is 0 Å². The first kappa shape index (κ1) is 13.5. The fourth-order valence-electron chi connectivity index (χ4n) is 2.10. The predicted octanol–water partition coefficient (Wildman–Crippen LogP) is 1.91. The van der Waals surface area contributed by atoms with Gasteiger partial charge < -0.3 is 5.43 Å². The third kappa shape index (κ3) is 2.73. The van der Waals surface area contributed by atoms with Crippen LogP contribution in [0.15, 0.2) is 12.4 Å². The minimum Gasteiger partial charge on any atom is -0.308 e. The molecular formula is C13H20N6. The number of nitrogens with one attached hydrogen (secondary N) is 1. The molecule has 0 spiro atoms. The summed E-state index contributed by atoms with van der Waals surface area (Å²) in [5, 5.41) is 4.30. The number of aryl methyl sites for hydroxylation is 2. The summed E-state index contributed by atoms with van der Waals surface area (Å²) in [6.45, 7) is 7.05. The van der Waals surface area contributed by atoms with Gasteiger partial charge in [-0.05, 0) is 19.8 Å². The summed E-state index contributed by atoms with van der Waals surface area (Å²) in [5.74, 6) is 6.88. The van der Waals surface area contributed by atoms with Gasteiger partial charge in [-0.15, -0.1) is 0 Å². The standard InChI is InChI=1S/C13H20N6/c1-4-6-19-8-10(7-15-19)12-16-9(3)11(5-2)13(17-12)18-14/h7-8H,4-6,14H2,1-3H3,(H,16,17,18). The highest BCUT2D eigenvalue weighted by Crippen LogP contribution is 2.21. The minimum atomic E-state index is 0.657. The largest absolute Gasteiger partial charge is 0.308 e. The van der Waals surface area contributed by atoms with Crippen LogP contribution >= 0.6 is 0 Å². The van der Waals surface area contributed by atoms with Gasteiger partial charge in [0, 0.05) is 24.0 Å². The maximum atomic E-state index is 5.53. The summed E-state index contributed by atoms with van der Waals surface area (Å²) in [7, 11) is 0. The minimum absolute atomic E-state index is 0.657. The van der Waals surface area contributed by atoms with Gasteiger partial charge >= 0.3 is 0 Å². The second-order valence-corrected chi connectivity index (χ2v) is 4.45. The number of nitrogen functional groups attached to an aromatic ring is 1. The van der Waals surface area contributed by atoms with Crippen LogP contribution in [0, 0.1) is 6.92 Å². The first-order chi connectivity index (χ1) is 9.19. The van der Waals surface area contributed by atoms with Gasteiger partial charge in [-0.1, -0.05) is 13.8 Å². The summed E-state index contributed by atoms with van der Waals surface area (Å²) in [5.41, 5.74) is 5.56. The van der Waals surface area contributed by atoms with Gasteiger partial charge in [0.15, 0.2) is 5.82 Å². The molecule has 0 aliphatic heterocycles. The highest BCUT2D eigenvalue weighted by Gasteiger charge is 2.12. The van der Waals surface area contributed by atoms with Gasteiger partial charge in [-0.25, -0.2) is 15.8 Å². The van der Waals surface area contributed by atoms with Gasteiger partial charge in [-0.2, -0.15) is 5.10 Å². The number of nitrogens with zero attached hydrogens (tertiary/aromatic N) is 4. The smallest absolute Gasteiger partial charge is 0.165 e. The summed E-state index contributed by atoms with van der Waals surface area (Å²) in [6, 6.07) is 0. The number of anilines is 1. The molecule has 6 nitrogen and oxygen atoms in total. The lowest BCUT2D eigenvalue weighted by Crippen LogP contribution is -2.13. The van der Waals surface area contributed by atoms with E-state index in [9.17, 15) is 0 Å². The molecule has 0 aromatic carbocycles. The van der Waals surface area contributed by atoms with Crippen LogP contribution in [0.4, 0.5) is 5.82 Å². The molecule has 0 aliphatic carbocycles. The number of aromatic nitrogens is 4. The average molecular weight is 260 g/mol. The lowest BCUT2D eigenvalue weighted by molar-refractivity contribution is 0.603. The zero-order chi connectivity index (χ0) is 13.8. The molecule has 0 fully saturated rings. The zero-order valence-electron chi connectivity index (χ0n) is 11.6. The van der Waals surface area contributed by atoms with E-state index in [1.165, 1.54) is 0 Å². The van der Waals surface area contributed by atoms with Crippen molar-refractivity contribution in [1.29, 1.82) is 0 Å². The maximum Gasteiger partial charge on any atom is 0.165 e. The Labute approximate surface area is 113 Å². The van der Waals surface area contributed by atoms with E-state index in [2.05, 4.69) is 34.3 Å². The molecule has 0 atom stereocenters. The van der Waals surface area contributed by atoms with Crippen LogP contribution < -0.4 is 11.3 Å². The van der Waals surface area contributed by atoms with Crippen LogP contribution in [0.1, 0.15) is 31.5 Å². The fraction of sp³-hybridized carbons (Fsp3) is 0.462. The Kier molecular flexibility index (Phi) is 4.11. The van der Waals surface area contributed by atoms with E-state index in [1.54, 1.807) is 6.20 Å². The van der Waals surface area contributed by atoms with Gasteiger partial charge in [-0.3, -0.25) is 4.68 Å². The average Bonchev–Trinajstić information content (AvgIpc) is 2.86. The summed E-state index contributed by atoms with van der Waals surface area (Å²) in [4.78, 5) is 9.00. The van der Waals surface area contributed by atoms with Crippen molar-refractivity contribution < 1.29 is 0 Å². The SMILES string of the molecule is CCCn1cc(-c2nc(C)c(CC)c(NN)n2)cn1. The van der Waals surface area contributed by atoms with E-state index in [-0.39, 0.29) is 0 Å². The molecule has 2 aromatic heterocycles. The molecule has 2 rings (SSSR count). The second-order valence-electron chi connectivity index (χ2n) is 4.45. The van der Waals surface area contributed by atoms with E-state index in [0.717, 1.165) is 36.2 Å². The van der Waals surface area contributed by atoms with Gasteiger partial charge in [0.1, 0.15) is 5.82 Å². The third-order valence-corrected chi connectivity index (χ3v) is 3.05. The molecule has 19 heavy (non-hydrogen) atoms. The van der Waals surface area contributed by atoms with Crippen molar-refractivity contribution in [1.82, 2.24) is 19.7 Å². The fourth-order valence-corrected chi connectivity index (χ4v) is 2.10. The van der Waals surface area contributed by atoms with Crippen molar-refractivity contribution >= 4 is 5.82 Å². The van der Waals surface area contributed by atoms with Gasteiger partial charge in [0.25, 0.3) is 0 Å². The highest BCUT2D eigenvalue weighted by molar-refractivity contribution is 5.58. The molecule has 0 aliphatic rings. The molecule has 6 heteroatoms. The number of rotatable bonds is 5. The summed E-state index contributed by atoms with van der Waals surface area (Å²) >= 11 is 0. The Hall–Kier alpha value is -1.95. The summed E-state index contributed by atoms with van der Waals surface area (Å²) in [6.07, 6.45) is 5.65. The molecule has 0 radical (unpaired) electrons. The van der Waals surface area contributed by atoms with Crippen LogP contribution in [-0.4, -0.2) is 19.7 Å². The molecule has 0 saturated heterocycles. The van der Waals surface area contributed by atoms with E-state index >= 15 is 0 Å². The Morgan fingerprint density at radius 2 is 2.11 bits per heavy atom. The lowest BCUT2D eigenvalue weighted by Gasteiger charge is -2.10. The molecule has 102 valence electrons. The number of hydrogen-bond donors (Lipinski definition) is 2. The van der Waals surface area contributed by atoms with Crippen molar-refractivity contribution in [2.45, 2.75) is 40.2 Å². The van der Waals surface area contributed by atoms with E-state index in [0.29, 0.717) is 11.6 Å².